The summed E-state index contributed by atoms with van der Waals surface area (Å²) in [6, 6.07) is 0. The standard InChI is InChI=1S/C19H25N3O5/c1-2-5-21-6-8-22(9-7-21)11-19-12-26-17(14(19)10-23)16(27-19)13-3-4-15(24)20-18(13)25/h1,3-4,13-14,16-17,23H,5-12H2,(H,20,24,25)/t13?,14?,16-,17?,19-/m0/s1. The van der Waals surface area contributed by atoms with Crippen molar-refractivity contribution in [2.24, 2.45) is 11.8 Å². The summed E-state index contributed by atoms with van der Waals surface area (Å²) >= 11 is 0. The van der Waals surface area contributed by atoms with E-state index in [1.165, 1.54) is 6.08 Å². The lowest BCUT2D eigenvalue weighted by molar-refractivity contribution is -0.170. The van der Waals surface area contributed by atoms with Gasteiger partial charge in [-0.3, -0.25) is 24.7 Å². The highest BCUT2D eigenvalue weighted by atomic mass is 16.6. The highest BCUT2D eigenvalue weighted by molar-refractivity contribution is 6.05. The van der Waals surface area contributed by atoms with Gasteiger partial charge < -0.3 is 14.6 Å². The van der Waals surface area contributed by atoms with E-state index in [0.717, 1.165) is 26.2 Å². The van der Waals surface area contributed by atoms with Crippen LogP contribution in [-0.4, -0.2) is 97.0 Å². The molecule has 4 aliphatic heterocycles. The van der Waals surface area contributed by atoms with Gasteiger partial charge in [-0.05, 0) is 0 Å². The Morgan fingerprint density at radius 2 is 2.00 bits per heavy atom. The largest absolute Gasteiger partial charge is 0.396 e. The number of hydrogen-bond donors (Lipinski definition) is 2. The number of hydrogen-bond acceptors (Lipinski definition) is 7. The Morgan fingerprint density at radius 1 is 1.26 bits per heavy atom. The summed E-state index contributed by atoms with van der Waals surface area (Å²) in [6.45, 7) is 5.19. The number of ether oxygens (including phenoxy) is 2. The topological polar surface area (TPSA) is 91.3 Å². The summed E-state index contributed by atoms with van der Waals surface area (Å²) in [6.07, 6.45) is 7.47. The van der Waals surface area contributed by atoms with Gasteiger partial charge >= 0.3 is 0 Å². The smallest absolute Gasteiger partial charge is 0.250 e. The number of rotatable bonds is 5. The molecular weight excluding hydrogens is 350 g/mol. The molecule has 146 valence electrons. The predicted molar refractivity (Wildman–Crippen MR) is 95.4 cm³/mol. The first-order valence-corrected chi connectivity index (χ1v) is 9.38. The number of aliphatic hydroxyl groups excluding tert-OH is 1. The van der Waals surface area contributed by atoms with Crippen molar-refractivity contribution in [3.05, 3.63) is 12.2 Å². The quantitative estimate of drug-likeness (QED) is 0.433. The molecule has 0 radical (unpaired) electrons. The fraction of sp³-hybridized carbons (Fsp3) is 0.684. The third-order valence-electron chi connectivity index (χ3n) is 6.11. The number of carbonyl (C=O) groups excluding carboxylic acids is 2. The number of piperazine rings is 1. The molecule has 0 spiro atoms. The van der Waals surface area contributed by atoms with Crippen LogP contribution in [0.1, 0.15) is 0 Å². The molecular formula is C19H25N3O5. The number of amides is 2. The van der Waals surface area contributed by atoms with Crippen molar-refractivity contribution in [2.45, 2.75) is 17.8 Å². The molecule has 3 fully saturated rings. The van der Waals surface area contributed by atoms with Crippen molar-refractivity contribution in [3.8, 4) is 12.3 Å². The molecule has 0 aliphatic carbocycles. The van der Waals surface area contributed by atoms with Crippen molar-refractivity contribution < 1.29 is 24.2 Å². The molecule has 4 aliphatic rings. The highest BCUT2D eigenvalue weighted by Crippen LogP contribution is 2.47. The lowest BCUT2D eigenvalue weighted by Gasteiger charge is -2.40. The van der Waals surface area contributed by atoms with Gasteiger partial charge in [-0.25, -0.2) is 0 Å². The Labute approximate surface area is 158 Å². The minimum Gasteiger partial charge on any atom is -0.396 e. The molecule has 4 rings (SSSR count). The van der Waals surface area contributed by atoms with Crippen LogP contribution in [0.15, 0.2) is 12.2 Å². The Hall–Kier alpha value is -1.76. The van der Waals surface area contributed by atoms with Crippen LogP contribution in [0.5, 0.6) is 0 Å². The maximum Gasteiger partial charge on any atom is 0.250 e. The second-order valence-electron chi connectivity index (χ2n) is 7.71. The SMILES string of the molecule is C#CCN1CCN(C[C@]23COC(C2CO)[C@H](C2C=CC(=O)NC2=O)O3)CC1. The molecule has 5 atom stereocenters. The van der Waals surface area contributed by atoms with Gasteiger partial charge in [0.15, 0.2) is 0 Å². The van der Waals surface area contributed by atoms with Crippen LogP contribution in [0, 0.1) is 24.2 Å². The van der Waals surface area contributed by atoms with E-state index in [1.807, 2.05) is 0 Å². The molecule has 0 aromatic heterocycles. The zero-order valence-electron chi connectivity index (χ0n) is 15.2. The molecule has 8 nitrogen and oxygen atoms in total. The zero-order chi connectivity index (χ0) is 19.0. The molecule has 2 amide bonds. The molecule has 27 heavy (non-hydrogen) atoms. The summed E-state index contributed by atoms with van der Waals surface area (Å²) < 4.78 is 12.3. The first kappa shape index (κ1) is 18.6. The minimum absolute atomic E-state index is 0.0603. The summed E-state index contributed by atoms with van der Waals surface area (Å²) in [5.41, 5.74) is -0.631. The van der Waals surface area contributed by atoms with Gasteiger partial charge in [0.25, 0.3) is 0 Å². The van der Waals surface area contributed by atoms with E-state index in [2.05, 4.69) is 21.0 Å². The van der Waals surface area contributed by atoms with Gasteiger partial charge in [-0.15, -0.1) is 6.42 Å². The van der Waals surface area contributed by atoms with Crippen LogP contribution in [0.4, 0.5) is 0 Å². The van der Waals surface area contributed by atoms with E-state index in [4.69, 9.17) is 15.9 Å². The lowest BCUT2D eigenvalue weighted by Crippen LogP contribution is -2.55. The number of fused-ring (bicyclic) bond motifs is 2. The first-order chi connectivity index (χ1) is 13.1. The molecule has 2 bridgehead atoms. The van der Waals surface area contributed by atoms with Gasteiger partial charge in [0.2, 0.25) is 11.8 Å². The zero-order valence-corrected chi connectivity index (χ0v) is 15.2. The number of carbonyl (C=O) groups is 2. The Balaban J connectivity index is 1.46. The molecule has 0 saturated carbocycles. The molecule has 3 unspecified atom stereocenters. The van der Waals surface area contributed by atoms with Crippen LogP contribution in [0.3, 0.4) is 0 Å². The van der Waals surface area contributed by atoms with E-state index in [9.17, 15) is 14.7 Å². The average molecular weight is 375 g/mol. The van der Waals surface area contributed by atoms with Crippen LogP contribution in [0.2, 0.25) is 0 Å². The van der Waals surface area contributed by atoms with E-state index < -0.39 is 23.5 Å². The van der Waals surface area contributed by atoms with Crippen molar-refractivity contribution >= 4 is 11.8 Å². The van der Waals surface area contributed by atoms with Crippen molar-refractivity contribution in [2.75, 3.05) is 52.5 Å². The summed E-state index contributed by atoms with van der Waals surface area (Å²) in [5, 5.41) is 12.3. The van der Waals surface area contributed by atoms with Gasteiger partial charge in [0.1, 0.15) is 11.7 Å². The fourth-order valence-corrected chi connectivity index (χ4v) is 4.69. The number of terminal acetylenes is 1. The number of imide groups is 1. The lowest BCUT2D eigenvalue weighted by atomic mass is 9.85. The van der Waals surface area contributed by atoms with E-state index in [-0.39, 0.29) is 24.5 Å². The summed E-state index contributed by atoms with van der Waals surface area (Å²) in [7, 11) is 0. The molecule has 2 N–H and O–H groups in total. The Kier molecular flexibility index (Phi) is 5.05. The molecule has 0 aromatic rings. The van der Waals surface area contributed by atoms with E-state index >= 15 is 0 Å². The van der Waals surface area contributed by atoms with E-state index in [1.54, 1.807) is 6.08 Å². The molecule has 0 aromatic carbocycles. The fourth-order valence-electron chi connectivity index (χ4n) is 4.69. The first-order valence-electron chi connectivity index (χ1n) is 9.38. The normalized spacial score (nSPS) is 39.6. The Morgan fingerprint density at radius 3 is 2.67 bits per heavy atom. The van der Waals surface area contributed by atoms with Gasteiger partial charge in [0.05, 0.1) is 31.8 Å². The van der Waals surface area contributed by atoms with Crippen molar-refractivity contribution in [1.29, 1.82) is 0 Å². The van der Waals surface area contributed by atoms with Gasteiger partial charge in [0, 0.05) is 44.7 Å². The van der Waals surface area contributed by atoms with Crippen LogP contribution in [-0.2, 0) is 19.1 Å². The summed E-state index contributed by atoms with van der Waals surface area (Å²) in [4.78, 5) is 28.1. The highest BCUT2D eigenvalue weighted by Gasteiger charge is 2.63. The molecule has 8 heteroatoms. The van der Waals surface area contributed by atoms with Crippen LogP contribution >= 0.6 is 0 Å². The maximum atomic E-state index is 12.2. The van der Waals surface area contributed by atoms with Crippen LogP contribution in [0.25, 0.3) is 0 Å². The van der Waals surface area contributed by atoms with Gasteiger partial charge in [-0.1, -0.05) is 12.0 Å². The summed E-state index contributed by atoms with van der Waals surface area (Å²) in [5.74, 6) is 1.11. The second-order valence-corrected chi connectivity index (χ2v) is 7.71. The average Bonchev–Trinajstić information content (AvgIpc) is 3.15. The Bertz CT molecular complexity index is 681. The molecule has 3 saturated heterocycles. The third kappa shape index (κ3) is 3.30. The number of nitrogens with one attached hydrogen (secondary N) is 1. The third-order valence-corrected chi connectivity index (χ3v) is 6.11. The monoisotopic (exact) mass is 375 g/mol. The van der Waals surface area contributed by atoms with Crippen molar-refractivity contribution in [3.63, 3.8) is 0 Å². The number of nitrogens with zero attached hydrogens (tertiary/aromatic N) is 2. The van der Waals surface area contributed by atoms with Crippen LogP contribution < -0.4 is 5.32 Å². The van der Waals surface area contributed by atoms with E-state index in [0.29, 0.717) is 19.7 Å². The van der Waals surface area contributed by atoms with Crippen molar-refractivity contribution in [1.82, 2.24) is 15.1 Å². The molecule has 4 heterocycles. The minimum atomic E-state index is -0.631. The van der Waals surface area contributed by atoms with Gasteiger partial charge in [-0.2, -0.15) is 0 Å². The predicted octanol–water partition coefficient (Wildman–Crippen LogP) is -1.79. The maximum absolute atomic E-state index is 12.2. The second kappa shape index (κ2) is 7.34. The number of aliphatic hydroxyl groups is 1.